The van der Waals surface area contributed by atoms with Gasteiger partial charge in [-0.05, 0) is 6.42 Å². The molecule has 16 heavy (non-hydrogen) atoms. The van der Waals surface area contributed by atoms with Gasteiger partial charge in [0.05, 0.1) is 24.2 Å². The second kappa shape index (κ2) is 3.29. The number of ether oxygens (including phenoxy) is 1. The van der Waals surface area contributed by atoms with E-state index >= 15 is 0 Å². The summed E-state index contributed by atoms with van der Waals surface area (Å²) in [4.78, 5) is 18.4. The number of aromatic nitrogens is 2. The molecular weight excluding hydrogens is 210 g/mol. The van der Waals surface area contributed by atoms with Crippen molar-refractivity contribution in [1.29, 1.82) is 0 Å². The Hall–Kier alpha value is -1.40. The molecule has 2 atom stereocenters. The van der Waals surface area contributed by atoms with Gasteiger partial charge in [-0.15, -0.1) is 0 Å². The van der Waals surface area contributed by atoms with Crippen LogP contribution < -0.4 is 5.32 Å². The average Bonchev–Trinajstić information content (AvgIpc) is 2.87. The Morgan fingerprint density at radius 1 is 1.69 bits per heavy atom. The van der Waals surface area contributed by atoms with E-state index in [4.69, 9.17) is 9.84 Å². The topological polar surface area (TPSA) is 87.2 Å². The first-order chi connectivity index (χ1) is 7.71. The summed E-state index contributed by atoms with van der Waals surface area (Å²) in [7, 11) is 0. The van der Waals surface area contributed by atoms with Gasteiger partial charge in [0.2, 0.25) is 0 Å². The van der Waals surface area contributed by atoms with E-state index in [1.54, 1.807) is 6.33 Å². The van der Waals surface area contributed by atoms with E-state index in [-0.39, 0.29) is 0 Å². The summed E-state index contributed by atoms with van der Waals surface area (Å²) in [6.07, 6.45) is 2.84. The van der Waals surface area contributed by atoms with E-state index < -0.39 is 17.6 Å². The van der Waals surface area contributed by atoms with Crippen molar-refractivity contribution in [1.82, 2.24) is 15.3 Å². The molecule has 2 aliphatic rings. The van der Waals surface area contributed by atoms with Crippen LogP contribution in [0.25, 0.3) is 0 Å². The number of nitrogens with zero attached hydrogens (tertiary/aromatic N) is 1. The van der Waals surface area contributed by atoms with Crippen LogP contribution in [0.2, 0.25) is 0 Å². The summed E-state index contributed by atoms with van der Waals surface area (Å²) in [5.41, 5.74) is 1.43. The molecule has 1 aromatic heterocycles. The third-order valence-corrected chi connectivity index (χ3v) is 3.35. The maximum Gasteiger partial charge on any atom is 0.321 e. The van der Waals surface area contributed by atoms with Crippen molar-refractivity contribution in [3.05, 3.63) is 17.7 Å². The molecule has 2 aliphatic heterocycles. The number of H-pyrrole nitrogens is 1. The normalized spacial score (nSPS) is 32.9. The zero-order valence-corrected chi connectivity index (χ0v) is 8.69. The molecule has 0 saturated carbocycles. The van der Waals surface area contributed by atoms with E-state index in [2.05, 4.69) is 15.3 Å². The summed E-state index contributed by atoms with van der Waals surface area (Å²) < 4.78 is 5.38. The number of imidazole rings is 1. The van der Waals surface area contributed by atoms with Crippen LogP contribution in [0.1, 0.15) is 17.8 Å². The molecule has 0 aliphatic carbocycles. The highest BCUT2D eigenvalue weighted by Crippen LogP contribution is 2.35. The van der Waals surface area contributed by atoms with Crippen LogP contribution in [-0.4, -0.2) is 40.3 Å². The van der Waals surface area contributed by atoms with Gasteiger partial charge in [0.15, 0.2) is 0 Å². The van der Waals surface area contributed by atoms with Gasteiger partial charge >= 0.3 is 5.97 Å². The van der Waals surface area contributed by atoms with Crippen LogP contribution >= 0.6 is 0 Å². The van der Waals surface area contributed by atoms with E-state index in [1.807, 2.05) is 0 Å². The molecule has 1 saturated heterocycles. The standard InChI is InChI=1S/C10H13N3O3/c14-9(15)7-3-6-8(12-5-11-6)10(13-7)1-2-16-4-10/h5,7,13H,1-4H2,(H,11,12)(H,14,15). The van der Waals surface area contributed by atoms with E-state index in [0.717, 1.165) is 17.8 Å². The lowest BCUT2D eigenvalue weighted by molar-refractivity contribution is -0.140. The molecule has 3 rings (SSSR count). The SMILES string of the molecule is O=C(O)C1Cc2[nH]cnc2C2(CCOC2)N1. The molecular formula is C10H13N3O3. The van der Waals surface area contributed by atoms with Gasteiger partial charge < -0.3 is 14.8 Å². The number of nitrogens with one attached hydrogen (secondary N) is 2. The molecule has 86 valence electrons. The molecule has 3 N–H and O–H groups in total. The minimum atomic E-state index is -0.827. The lowest BCUT2D eigenvalue weighted by Crippen LogP contribution is -2.56. The third-order valence-electron chi connectivity index (χ3n) is 3.35. The minimum Gasteiger partial charge on any atom is -0.480 e. The van der Waals surface area contributed by atoms with Crippen LogP contribution in [0.4, 0.5) is 0 Å². The van der Waals surface area contributed by atoms with Crippen LogP contribution in [0.5, 0.6) is 0 Å². The van der Waals surface area contributed by atoms with E-state index in [1.165, 1.54) is 0 Å². The molecule has 1 aromatic rings. The van der Waals surface area contributed by atoms with Gasteiger partial charge in [-0.2, -0.15) is 0 Å². The van der Waals surface area contributed by atoms with E-state index in [0.29, 0.717) is 19.6 Å². The average molecular weight is 223 g/mol. The van der Waals surface area contributed by atoms with Gasteiger partial charge in [0.1, 0.15) is 6.04 Å². The highest BCUT2D eigenvalue weighted by atomic mass is 16.5. The molecule has 6 heteroatoms. The number of hydrogen-bond donors (Lipinski definition) is 3. The summed E-state index contributed by atoms with van der Waals surface area (Å²) in [5, 5.41) is 12.3. The summed E-state index contributed by atoms with van der Waals surface area (Å²) in [5.74, 6) is -0.827. The number of aromatic amines is 1. The van der Waals surface area contributed by atoms with Gasteiger partial charge in [-0.1, -0.05) is 0 Å². The number of carbonyl (C=O) groups is 1. The first-order valence-electron chi connectivity index (χ1n) is 5.32. The van der Waals surface area contributed by atoms with Crippen LogP contribution in [0.15, 0.2) is 6.33 Å². The van der Waals surface area contributed by atoms with Crippen molar-refractivity contribution >= 4 is 5.97 Å². The van der Waals surface area contributed by atoms with Crippen LogP contribution in [-0.2, 0) is 21.5 Å². The number of rotatable bonds is 1. The Morgan fingerprint density at radius 3 is 3.25 bits per heavy atom. The van der Waals surface area contributed by atoms with Crippen molar-refractivity contribution in [2.75, 3.05) is 13.2 Å². The molecule has 6 nitrogen and oxygen atoms in total. The molecule has 0 radical (unpaired) electrons. The van der Waals surface area contributed by atoms with Crippen molar-refractivity contribution in [2.24, 2.45) is 0 Å². The Morgan fingerprint density at radius 2 is 2.56 bits per heavy atom. The minimum absolute atomic E-state index is 0.406. The fourth-order valence-electron chi connectivity index (χ4n) is 2.56. The van der Waals surface area contributed by atoms with Crippen molar-refractivity contribution in [3.8, 4) is 0 Å². The maximum absolute atomic E-state index is 11.1. The Kier molecular flexibility index (Phi) is 2.02. The third kappa shape index (κ3) is 1.27. The molecule has 0 bridgehead atoms. The quantitative estimate of drug-likeness (QED) is 0.604. The predicted molar refractivity (Wildman–Crippen MR) is 54.0 cm³/mol. The summed E-state index contributed by atoms with van der Waals surface area (Å²) in [6.45, 7) is 1.14. The van der Waals surface area contributed by atoms with Crippen LogP contribution in [0, 0.1) is 0 Å². The highest BCUT2D eigenvalue weighted by Gasteiger charge is 2.46. The Bertz CT molecular complexity index is 423. The van der Waals surface area contributed by atoms with Gasteiger partial charge in [0.25, 0.3) is 0 Å². The summed E-state index contributed by atoms with van der Waals surface area (Å²) in [6, 6.07) is -0.561. The van der Waals surface area contributed by atoms with Crippen molar-refractivity contribution in [3.63, 3.8) is 0 Å². The fourth-order valence-corrected chi connectivity index (χ4v) is 2.56. The fraction of sp³-hybridized carbons (Fsp3) is 0.600. The first kappa shape index (κ1) is 9.80. The molecule has 1 spiro atoms. The second-order valence-corrected chi connectivity index (χ2v) is 4.35. The zero-order valence-electron chi connectivity index (χ0n) is 8.69. The lowest BCUT2D eigenvalue weighted by Gasteiger charge is -2.35. The Labute approximate surface area is 92.0 Å². The van der Waals surface area contributed by atoms with Crippen LogP contribution in [0.3, 0.4) is 0 Å². The summed E-state index contributed by atoms with van der Waals surface area (Å²) >= 11 is 0. The van der Waals surface area contributed by atoms with Gasteiger partial charge in [-0.25, -0.2) is 4.98 Å². The second-order valence-electron chi connectivity index (χ2n) is 4.35. The zero-order chi connectivity index (χ0) is 11.2. The lowest BCUT2D eigenvalue weighted by atomic mass is 9.86. The maximum atomic E-state index is 11.1. The highest BCUT2D eigenvalue weighted by molar-refractivity contribution is 5.74. The first-order valence-corrected chi connectivity index (χ1v) is 5.32. The molecule has 1 fully saturated rings. The molecule has 3 heterocycles. The van der Waals surface area contributed by atoms with Crippen molar-refractivity contribution < 1.29 is 14.6 Å². The monoisotopic (exact) mass is 223 g/mol. The van der Waals surface area contributed by atoms with E-state index in [9.17, 15) is 4.79 Å². The van der Waals surface area contributed by atoms with Crippen molar-refractivity contribution in [2.45, 2.75) is 24.4 Å². The largest absolute Gasteiger partial charge is 0.480 e. The molecule has 0 amide bonds. The number of carboxylic acids is 1. The Balaban J connectivity index is 2.03. The molecule has 0 aromatic carbocycles. The molecule has 2 unspecified atom stereocenters. The number of carboxylic acid groups (broad SMARTS) is 1. The predicted octanol–water partition coefficient (Wildman–Crippen LogP) is -0.376. The van der Waals surface area contributed by atoms with Gasteiger partial charge in [-0.3, -0.25) is 10.1 Å². The smallest absolute Gasteiger partial charge is 0.321 e. The van der Waals surface area contributed by atoms with Gasteiger partial charge in [0, 0.05) is 18.7 Å². The number of hydrogen-bond acceptors (Lipinski definition) is 4. The number of aliphatic carboxylic acids is 1. The number of fused-ring (bicyclic) bond motifs is 2.